The zero-order valence-electron chi connectivity index (χ0n) is 10.9. The molecule has 0 atom stereocenters. The van der Waals surface area contributed by atoms with Crippen LogP contribution in [0.25, 0.3) is 6.08 Å². The van der Waals surface area contributed by atoms with Crippen LogP contribution in [0.1, 0.15) is 11.1 Å². The third-order valence-corrected chi connectivity index (χ3v) is 3.26. The molecule has 0 aliphatic rings. The summed E-state index contributed by atoms with van der Waals surface area (Å²) in [6.45, 7) is 1.99. The Labute approximate surface area is 128 Å². The molecule has 1 N–H and O–H groups in total. The molecule has 0 spiro atoms. The summed E-state index contributed by atoms with van der Waals surface area (Å²) in [5, 5.41) is 3.85. The lowest BCUT2D eigenvalue weighted by molar-refractivity contribution is -0.111. The Bertz CT molecular complexity index is 648. The van der Waals surface area contributed by atoms with Gasteiger partial charge in [-0.25, -0.2) is 0 Å². The highest BCUT2D eigenvalue weighted by atomic mass is 35.5. The minimum atomic E-state index is -0.208. The van der Waals surface area contributed by atoms with Gasteiger partial charge in [-0.3, -0.25) is 4.79 Å². The van der Waals surface area contributed by atoms with Crippen LogP contribution in [0.15, 0.2) is 48.5 Å². The summed E-state index contributed by atoms with van der Waals surface area (Å²) < 4.78 is 0. The molecule has 0 saturated carbocycles. The van der Waals surface area contributed by atoms with Gasteiger partial charge in [-0.05, 0) is 42.8 Å². The highest BCUT2D eigenvalue weighted by Crippen LogP contribution is 2.22. The molecule has 2 aromatic carbocycles. The summed E-state index contributed by atoms with van der Waals surface area (Å²) in [5.74, 6) is -0.208. The molecule has 4 heteroatoms. The van der Waals surface area contributed by atoms with Gasteiger partial charge < -0.3 is 5.32 Å². The summed E-state index contributed by atoms with van der Waals surface area (Å²) in [5.41, 5.74) is 2.65. The summed E-state index contributed by atoms with van der Waals surface area (Å²) in [6, 6.07) is 12.7. The van der Waals surface area contributed by atoms with E-state index in [-0.39, 0.29) is 5.91 Å². The average molecular weight is 306 g/mol. The van der Waals surface area contributed by atoms with Crippen molar-refractivity contribution in [1.29, 1.82) is 0 Å². The number of carbonyl (C=O) groups is 1. The molecule has 0 aliphatic carbocycles. The van der Waals surface area contributed by atoms with Gasteiger partial charge in [-0.15, -0.1) is 0 Å². The van der Waals surface area contributed by atoms with E-state index in [4.69, 9.17) is 23.2 Å². The first-order valence-electron chi connectivity index (χ1n) is 6.05. The Morgan fingerprint density at radius 3 is 2.45 bits per heavy atom. The Morgan fingerprint density at radius 2 is 1.80 bits per heavy atom. The van der Waals surface area contributed by atoms with Gasteiger partial charge in [0, 0.05) is 21.8 Å². The predicted octanol–water partition coefficient (Wildman–Crippen LogP) is 4.95. The molecule has 1 amide bonds. The quantitative estimate of drug-likeness (QED) is 0.798. The van der Waals surface area contributed by atoms with E-state index in [1.165, 1.54) is 6.08 Å². The molecule has 0 unspecified atom stereocenters. The SMILES string of the molecule is Cc1ccc(NC(=O)C=Cc2ccc(Cl)cc2Cl)cc1. The number of rotatable bonds is 3. The standard InChI is InChI=1S/C16H13Cl2NO/c1-11-2-7-14(8-3-11)19-16(20)9-5-12-4-6-13(17)10-15(12)18/h2-10H,1H3,(H,19,20). The number of carbonyl (C=O) groups excluding carboxylic acids is 1. The maximum absolute atomic E-state index is 11.8. The molecule has 2 nitrogen and oxygen atoms in total. The molecular formula is C16H13Cl2NO. The number of benzene rings is 2. The number of aryl methyl sites for hydroxylation is 1. The molecule has 0 aromatic heterocycles. The van der Waals surface area contributed by atoms with Gasteiger partial charge >= 0.3 is 0 Å². The lowest BCUT2D eigenvalue weighted by atomic mass is 10.2. The fourth-order valence-corrected chi connectivity index (χ4v) is 2.09. The monoisotopic (exact) mass is 305 g/mol. The summed E-state index contributed by atoms with van der Waals surface area (Å²) in [4.78, 5) is 11.8. The van der Waals surface area contributed by atoms with Gasteiger partial charge in [0.2, 0.25) is 5.91 Å². The number of anilines is 1. The number of nitrogens with one attached hydrogen (secondary N) is 1. The van der Waals surface area contributed by atoms with Crippen LogP contribution in [-0.2, 0) is 4.79 Å². The smallest absolute Gasteiger partial charge is 0.248 e. The maximum atomic E-state index is 11.8. The molecule has 0 radical (unpaired) electrons. The van der Waals surface area contributed by atoms with Crippen LogP contribution in [0.2, 0.25) is 10.0 Å². The van der Waals surface area contributed by atoms with Gasteiger partial charge in [-0.2, -0.15) is 0 Å². The first-order valence-corrected chi connectivity index (χ1v) is 6.81. The lowest BCUT2D eigenvalue weighted by Crippen LogP contribution is -2.07. The number of halogens is 2. The van der Waals surface area contributed by atoms with Crippen molar-refractivity contribution >= 4 is 40.9 Å². The second-order valence-electron chi connectivity index (χ2n) is 4.35. The van der Waals surface area contributed by atoms with Gasteiger partial charge in [0.15, 0.2) is 0 Å². The first-order chi connectivity index (χ1) is 9.54. The number of hydrogen-bond acceptors (Lipinski definition) is 1. The van der Waals surface area contributed by atoms with Crippen LogP contribution in [-0.4, -0.2) is 5.91 Å². The topological polar surface area (TPSA) is 29.1 Å². The predicted molar refractivity (Wildman–Crippen MR) is 85.3 cm³/mol. The molecule has 0 bridgehead atoms. The molecule has 20 heavy (non-hydrogen) atoms. The Balaban J connectivity index is 2.03. The minimum Gasteiger partial charge on any atom is -0.323 e. The van der Waals surface area contributed by atoms with Crippen molar-refractivity contribution in [1.82, 2.24) is 0 Å². The molecule has 0 heterocycles. The van der Waals surface area contributed by atoms with E-state index >= 15 is 0 Å². The zero-order chi connectivity index (χ0) is 14.5. The Kier molecular flexibility index (Phi) is 4.83. The molecule has 2 aromatic rings. The van der Waals surface area contributed by atoms with E-state index in [1.54, 1.807) is 24.3 Å². The minimum absolute atomic E-state index is 0.208. The van der Waals surface area contributed by atoms with Crippen molar-refractivity contribution in [2.24, 2.45) is 0 Å². The molecule has 102 valence electrons. The second-order valence-corrected chi connectivity index (χ2v) is 5.20. The third kappa shape index (κ3) is 4.12. The average Bonchev–Trinajstić information content (AvgIpc) is 2.40. The number of amides is 1. The van der Waals surface area contributed by atoms with Crippen molar-refractivity contribution in [2.45, 2.75) is 6.92 Å². The van der Waals surface area contributed by atoms with E-state index in [0.29, 0.717) is 10.0 Å². The zero-order valence-corrected chi connectivity index (χ0v) is 12.4. The molecular weight excluding hydrogens is 293 g/mol. The summed E-state index contributed by atoms with van der Waals surface area (Å²) in [6.07, 6.45) is 3.09. The van der Waals surface area contributed by atoms with Crippen LogP contribution >= 0.6 is 23.2 Å². The number of hydrogen-bond donors (Lipinski definition) is 1. The van der Waals surface area contributed by atoms with Gasteiger partial charge in [0.05, 0.1) is 0 Å². The highest BCUT2D eigenvalue weighted by molar-refractivity contribution is 6.35. The Morgan fingerprint density at radius 1 is 1.10 bits per heavy atom. The first kappa shape index (κ1) is 14.6. The van der Waals surface area contributed by atoms with E-state index in [1.807, 2.05) is 31.2 Å². The highest BCUT2D eigenvalue weighted by Gasteiger charge is 2.00. The molecule has 0 fully saturated rings. The van der Waals surface area contributed by atoms with Crippen molar-refractivity contribution in [3.05, 3.63) is 69.7 Å². The molecule has 0 aliphatic heterocycles. The van der Waals surface area contributed by atoms with Crippen molar-refractivity contribution in [3.63, 3.8) is 0 Å². The van der Waals surface area contributed by atoms with Crippen LogP contribution in [0.3, 0.4) is 0 Å². The van der Waals surface area contributed by atoms with E-state index in [9.17, 15) is 4.79 Å². The van der Waals surface area contributed by atoms with Gasteiger partial charge in [0.1, 0.15) is 0 Å². The van der Waals surface area contributed by atoms with E-state index < -0.39 is 0 Å². The fraction of sp³-hybridized carbons (Fsp3) is 0.0625. The Hall–Kier alpha value is -1.77. The summed E-state index contributed by atoms with van der Waals surface area (Å²) in [7, 11) is 0. The van der Waals surface area contributed by atoms with Gasteiger partial charge in [-0.1, -0.05) is 47.0 Å². The summed E-state index contributed by atoms with van der Waals surface area (Å²) >= 11 is 11.8. The van der Waals surface area contributed by atoms with Crippen molar-refractivity contribution in [2.75, 3.05) is 5.32 Å². The maximum Gasteiger partial charge on any atom is 0.248 e. The molecule has 0 saturated heterocycles. The normalized spacial score (nSPS) is 10.8. The van der Waals surface area contributed by atoms with E-state index in [2.05, 4.69) is 5.32 Å². The van der Waals surface area contributed by atoms with Gasteiger partial charge in [0.25, 0.3) is 0 Å². The third-order valence-electron chi connectivity index (χ3n) is 2.70. The molecule has 2 rings (SSSR count). The van der Waals surface area contributed by atoms with Crippen LogP contribution in [0.4, 0.5) is 5.69 Å². The lowest BCUT2D eigenvalue weighted by Gasteiger charge is -2.02. The van der Waals surface area contributed by atoms with Crippen molar-refractivity contribution in [3.8, 4) is 0 Å². The van der Waals surface area contributed by atoms with Crippen LogP contribution in [0, 0.1) is 6.92 Å². The van der Waals surface area contributed by atoms with E-state index in [0.717, 1.165) is 16.8 Å². The van der Waals surface area contributed by atoms with Crippen LogP contribution < -0.4 is 5.32 Å². The second kappa shape index (κ2) is 6.60. The van der Waals surface area contributed by atoms with Crippen molar-refractivity contribution < 1.29 is 4.79 Å². The largest absolute Gasteiger partial charge is 0.323 e. The van der Waals surface area contributed by atoms with Crippen LogP contribution in [0.5, 0.6) is 0 Å². The fourth-order valence-electron chi connectivity index (χ4n) is 1.62.